The molecular formula is C18H17ClF4N2O2S. The van der Waals surface area contributed by atoms with Gasteiger partial charge in [-0.1, -0.05) is 11.6 Å². The fourth-order valence-corrected chi connectivity index (χ4v) is 3.94. The van der Waals surface area contributed by atoms with Crippen molar-refractivity contribution in [3.05, 3.63) is 46.9 Å². The maximum atomic E-state index is 14.3. The number of rotatable bonds is 4. The molecule has 0 spiro atoms. The smallest absolute Gasteiger partial charge is 0.401 e. The van der Waals surface area contributed by atoms with E-state index in [1.165, 1.54) is 26.0 Å². The van der Waals surface area contributed by atoms with Crippen molar-refractivity contribution in [2.45, 2.75) is 36.6 Å². The Morgan fingerprint density at radius 2 is 1.89 bits per heavy atom. The second kappa shape index (κ2) is 6.96. The maximum absolute atomic E-state index is 14.3. The molecular weight excluding hydrogens is 420 g/mol. The molecule has 2 heterocycles. The van der Waals surface area contributed by atoms with E-state index in [9.17, 15) is 21.8 Å². The van der Waals surface area contributed by atoms with Gasteiger partial charge < -0.3 is 4.74 Å². The maximum Gasteiger partial charge on any atom is 0.401 e. The summed E-state index contributed by atoms with van der Waals surface area (Å²) in [7, 11) is -2.00. The van der Waals surface area contributed by atoms with E-state index in [4.69, 9.17) is 21.5 Å². The fourth-order valence-electron chi connectivity index (χ4n) is 3.36. The minimum absolute atomic E-state index is 0.0769. The predicted molar refractivity (Wildman–Crippen MR) is 98.9 cm³/mol. The molecule has 2 atom stereocenters. The summed E-state index contributed by atoms with van der Waals surface area (Å²) >= 11 is 6.03. The second-order valence-corrected chi connectivity index (χ2v) is 9.37. The topological polar surface area (TPSA) is 65.2 Å². The van der Waals surface area contributed by atoms with E-state index in [0.29, 0.717) is 5.56 Å². The van der Waals surface area contributed by atoms with Gasteiger partial charge in [0.2, 0.25) is 0 Å². The number of aromatic nitrogens is 1. The van der Waals surface area contributed by atoms with Crippen LogP contribution in [0.15, 0.2) is 30.3 Å². The molecule has 152 valence electrons. The molecule has 0 amide bonds. The molecule has 0 saturated carbocycles. The monoisotopic (exact) mass is 436 g/mol. The molecule has 0 radical (unpaired) electrons. The number of alkyl halides is 3. The lowest BCUT2D eigenvalue weighted by Crippen LogP contribution is -2.50. The van der Waals surface area contributed by atoms with E-state index < -0.39 is 46.2 Å². The molecule has 1 aromatic carbocycles. The van der Waals surface area contributed by atoms with Gasteiger partial charge in [0.05, 0.1) is 15.7 Å². The van der Waals surface area contributed by atoms with Gasteiger partial charge in [0.1, 0.15) is 34.4 Å². The second-order valence-electron chi connectivity index (χ2n) is 7.28. The van der Waals surface area contributed by atoms with E-state index >= 15 is 0 Å². The Bertz CT molecular complexity index is 934. The summed E-state index contributed by atoms with van der Waals surface area (Å²) in [6.45, 7) is 2.08. The Hall–Kier alpha value is -1.71. The molecule has 0 bridgehead atoms. The van der Waals surface area contributed by atoms with Crippen LogP contribution in [0.2, 0.25) is 5.15 Å². The molecule has 0 saturated heterocycles. The van der Waals surface area contributed by atoms with Crippen molar-refractivity contribution in [1.29, 1.82) is 0 Å². The van der Waals surface area contributed by atoms with Gasteiger partial charge in [0.15, 0.2) is 0 Å². The van der Waals surface area contributed by atoms with Crippen LogP contribution in [-0.4, -0.2) is 26.7 Å². The highest BCUT2D eigenvalue weighted by Gasteiger charge is 2.63. The first-order chi connectivity index (χ1) is 12.9. The third kappa shape index (κ3) is 3.51. The highest BCUT2D eigenvalue weighted by atomic mass is 35.5. The minimum atomic E-state index is -4.72. The van der Waals surface area contributed by atoms with Crippen LogP contribution in [0.25, 0.3) is 11.3 Å². The molecule has 0 aliphatic carbocycles. The molecule has 0 fully saturated rings. The van der Waals surface area contributed by atoms with Crippen LogP contribution in [0.4, 0.5) is 17.6 Å². The molecule has 10 heteroatoms. The standard InChI is InChI=1S/C18H17ClF4N2O2S/c1-16(2,28(24)26)8-17(18(21,22)23)9-27-15-12(17)7-13(19)25-14(15)10-3-5-11(20)6-4-10/h3-7H,8-9,24H2,1-2H3/t17-,28?/m0/s1. The predicted octanol–water partition coefficient (Wildman–Crippen LogP) is 4.52. The Balaban J connectivity index is 2.22. The molecule has 3 rings (SSSR count). The highest BCUT2D eigenvalue weighted by Crippen LogP contribution is 2.55. The molecule has 28 heavy (non-hydrogen) atoms. The van der Waals surface area contributed by atoms with Crippen LogP contribution >= 0.6 is 11.6 Å². The SMILES string of the molecule is CC(C)(C[C@]1(C(F)(F)F)COc2c1cc(Cl)nc2-c1ccc(F)cc1)S(N)=O. The quantitative estimate of drug-likeness (QED) is 0.566. The summed E-state index contributed by atoms with van der Waals surface area (Å²) in [5.41, 5.74) is -2.21. The largest absolute Gasteiger partial charge is 0.490 e. The van der Waals surface area contributed by atoms with Crippen molar-refractivity contribution in [3.8, 4) is 17.0 Å². The third-order valence-corrected chi connectivity index (χ3v) is 6.28. The zero-order valence-electron chi connectivity index (χ0n) is 14.9. The van der Waals surface area contributed by atoms with Gasteiger partial charge in [-0.15, -0.1) is 0 Å². The van der Waals surface area contributed by atoms with Gasteiger partial charge in [-0.3, -0.25) is 5.14 Å². The molecule has 1 unspecified atom stereocenters. The van der Waals surface area contributed by atoms with Gasteiger partial charge >= 0.3 is 6.18 Å². The van der Waals surface area contributed by atoms with Gasteiger partial charge in [0.25, 0.3) is 0 Å². The van der Waals surface area contributed by atoms with Gasteiger partial charge in [-0.05, 0) is 50.6 Å². The number of hydrogen-bond acceptors (Lipinski definition) is 3. The lowest BCUT2D eigenvalue weighted by Gasteiger charge is -2.36. The van der Waals surface area contributed by atoms with Crippen molar-refractivity contribution in [3.63, 3.8) is 0 Å². The van der Waals surface area contributed by atoms with Crippen LogP contribution in [0.5, 0.6) is 5.75 Å². The van der Waals surface area contributed by atoms with E-state index in [2.05, 4.69) is 4.98 Å². The van der Waals surface area contributed by atoms with Gasteiger partial charge in [0, 0.05) is 11.1 Å². The van der Waals surface area contributed by atoms with Crippen LogP contribution in [0, 0.1) is 5.82 Å². The first kappa shape index (κ1) is 21.0. The summed E-state index contributed by atoms with van der Waals surface area (Å²) < 4.78 is 72.0. The number of nitrogens with zero attached hydrogens (tertiary/aromatic N) is 1. The van der Waals surface area contributed by atoms with E-state index in [0.717, 1.165) is 18.2 Å². The summed E-state index contributed by atoms with van der Waals surface area (Å²) in [5.74, 6) is -0.577. The molecule has 1 aromatic heterocycles. The first-order valence-corrected chi connectivity index (χ1v) is 9.79. The van der Waals surface area contributed by atoms with Crippen molar-refractivity contribution >= 4 is 22.6 Å². The molecule has 2 aromatic rings. The summed E-state index contributed by atoms with van der Waals surface area (Å²) in [6, 6.07) is 6.20. The van der Waals surface area contributed by atoms with Gasteiger partial charge in [-0.2, -0.15) is 13.2 Å². The Kier molecular flexibility index (Phi) is 5.23. The Morgan fingerprint density at radius 1 is 1.29 bits per heavy atom. The average molecular weight is 437 g/mol. The average Bonchev–Trinajstić information content (AvgIpc) is 2.94. The Morgan fingerprint density at radius 3 is 2.43 bits per heavy atom. The molecule has 4 nitrogen and oxygen atoms in total. The number of hydrogen-bond donors (Lipinski definition) is 1. The van der Waals surface area contributed by atoms with Crippen molar-refractivity contribution in [1.82, 2.24) is 4.98 Å². The third-order valence-electron chi connectivity index (χ3n) is 4.85. The van der Waals surface area contributed by atoms with Crippen LogP contribution in [0.1, 0.15) is 25.8 Å². The van der Waals surface area contributed by atoms with E-state index in [1.54, 1.807) is 0 Å². The zero-order valence-corrected chi connectivity index (χ0v) is 16.5. The van der Waals surface area contributed by atoms with Crippen molar-refractivity contribution < 1.29 is 26.5 Å². The van der Waals surface area contributed by atoms with E-state index in [-0.39, 0.29) is 22.2 Å². The zero-order chi connectivity index (χ0) is 20.9. The number of ether oxygens (including phenoxy) is 1. The Labute approximate surface area is 166 Å². The number of pyridine rings is 1. The van der Waals surface area contributed by atoms with Crippen molar-refractivity contribution in [2.24, 2.45) is 5.14 Å². The number of fused-ring (bicyclic) bond motifs is 1. The number of nitrogens with two attached hydrogens (primary N) is 1. The summed E-state index contributed by atoms with van der Waals surface area (Å²) in [6.07, 6.45) is -5.29. The molecule has 1 aliphatic heterocycles. The molecule has 2 N–H and O–H groups in total. The van der Waals surface area contributed by atoms with Gasteiger partial charge in [-0.25, -0.2) is 13.6 Å². The fraction of sp³-hybridized carbons (Fsp3) is 0.389. The summed E-state index contributed by atoms with van der Waals surface area (Å²) in [5, 5.41) is 5.26. The first-order valence-electron chi connectivity index (χ1n) is 8.20. The number of halogens is 5. The van der Waals surface area contributed by atoms with Crippen molar-refractivity contribution in [2.75, 3.05) is 6.61 Å². The van der Waals surface area contributed by atoms with Crippen LogP contribution in [-0.2, 0) is 16.4 Å². The normalized spacial score (nSPS) is 20.6. The summed E-state index contributed by atoms with van der Waals surface area (Å²) in [4.78, 5) is 4.09. The highest BCUT2D eigenvalue weighted by molar-refractivity contribution is 7.84. The molecule has 1 aliphatic rings. The van der Waals surface area contributed by atoms with Crippen LogP contribution in [0.3, 0.4) is 0 Å². The van der Waals surface area contributed by atoms with Crippen LogP contribution < -0.4 is 9.88 Å². The number of benzene rings is 1. The van der Waals surface area contributed by atoms with E-state index in [1.807, 2.05) is 0 Å². The minimum Gasteiger partial charge on any atom is -0.490 e. The lowest BCUT2D eigenvalue weighted by atomic mass is 9.75. The lowest BCUT2D eigenvalue weighted by molar-refractivity contribution is -0.196.